The molecule has 2 aromatic heterocycles. The van der Waals surface area contributed by atoms with Crippen molar-refractivity contribution in [1.82, 2.24) is 19.8 Å². The quantitative estimate of drug-likeness (QED) is 0.749. The van der Waals surface area contributed by atoms with Crippen molar-refractivity contribution in [3.8, 4) is 0 Å². The first kappa shape index (κ1) is 16.7. The monoisotopic (exact) mass is 356 g/mol. The van der Waals surface area contributed by atoms with E-state index >= 15 is 0 Å². The van der Waals surface area contributed by atoms with Crippen LogP contribution in [0.2, 0.25) is 0 Å². The van der Waals surface area contributed by atoms with Crippen LogP contribution in [0.4, 0.5) is 0 Å². The van der Waals surface area contributed by atoms with E-state index in [1.54, 1.807) is 4.90 Å². The van der Waals surface area contributed by atoms with E-state index < -0.39 is 0 Å². The Morgan fingerprint density at radius 1 is 1.31 bits per heavy atom. The van der Waals surface area contributed by atoms with Gasteiger partial charge in [-0.2, -0.15) is 0 Å². The molecule has 3 aromatic rings. The predicted octanol–water partition coefficient (Wildman–Crippen LogP) is 0.960. The summed E-state index contributed by atoms with van der Waals surface area (Å²) >= 11 is 0. The van der Waals surface area contributed by atoms with Crippen LogP contribution in [0.1, 0.15) is 5.82 Å². The number of likely N-dealkylation sites (N-methyl/N-ethyl adjacent to an activating group) is 1. The van der Waals surface area contributed by atoms with E-state index in [4.69, 9.17) is 9.15 Å². The van der Waals surface area contributed by atoms with Gasteiger partial charge in [-0.25, -0.2) is 4.98 Å². The van der Waals surface area contributed by atoms with Gasteiger partial charge in [-0.1, -0.05) is 12.1 Å². The Hall–Kier alpha value is -2.71. The van der Waals surface area contributed by atoms with Crippen molar-refractivity contribution in [2.45, 2.75) is 6.54 Å². The minimum Gasteiger partial charge on any atom is -0.449 e. The standard InChI is InChI=1S/C18H20N4O4/c1-21(11-15(23)22-6-8-25-9-7-22)10-14-19-16-12-4-2-3-5-13(12)26-17(16)18(24)20-14/h2-5H,6-11H2,1H3,(H,19,20,24). The largest absolute Gasteiger partial charge is 0.449 e. The number of rotatable bonds is 4. The second-order valence-corrected chi connectivity index (χ2v) is 6.45. The molecule has 0 aliphatic carbocycles. The lowest BCUT2D eigenvalue weighted by molar-refractivity contribution is -0.136. The summed E-state index contributed by atoms with van der Waals surface area (Å²) in [5, 5.41) is 0.807. The molecule has 0 atom stereocenters. The highest BCUT2D eigenvalue weighted by Crippen LogP contribution is 2.24. The Bertz CT molecular complexity index is 1000. The molecule has 8 heteroatoms. The number of nitrogens with one attached hydrogen (secondary N) is 1. The third-order valence-corrected chi connectivity index (χ3v) is 4.47. The maximum Gasteiger partial charge on any atom is 0.294 e. The second kappa shape index (κ2) is 6.89. The van der Waals surface area contributed by atoms with Gasteiger partial charge < -0.3 is 19.0 Å². The zero-order chi connectivity index (χ0) is 18.1. The summed E-state index contributed by atoms with van der Waals surface area (Å²) < 4.78 is 10.9. The smallest absolute Gasteiger partial charge is 0.294 e. The molecule has 1 aliphatic heterocycles. The summed E-state index contributed by atoms with van der Waals surface area (Å²) in [4.78, 5) is 35.6. The molecule has 1 amide bonds. The molecular weight excluding hydrogens is 336 g/mol. The van der Waals surface area contributed by atoms with Crippen molar-refractivity contribution in [2.75, 3.05) is 39.9 Å². The number of para-hydroxylation sites is 1. The molecule has 0 spiro atoms. The molecule has 136 valence electrons. The molecular formula is C18H20N4O4. The highest BCUT2D eigenvalue weighted by Gasteiger charge is 2.19. The van der Waals surface area contributed by atoms with Gasteiger partial charge in [0.2, 0.25) is 11.5 Å². The van der Waals surface area contributed by atoms with Crippen molar-refractivity contribution < 1.29 is 13.9 Å². The van der Waals surface area contributed by atoms with E-state index in [2.05, 4.69) is 9.97 Å². The number of amides is 1. The van der Waals surface area contributed by atoms with Crippen molar-refractivity contribution in [2.24, 2.45) is 0 Å². The van der Waals surface area contributed by atoms with Crippen LogP contribution in [0.25, 0.3) is 22.1 Å². The molecule has 0 unspecified atom stereocenters. The first-order valence-electron chi connectivity index (χ1n) is 8.56. The van der Waals surface area contributed by atoms with Gasteiger partial charge in [0.05, 0.1) is 26.3 Å². The Morgan fingerprint density at radius 2 is 2.08 bits per heavy atom. The lowest BCUT2D eigenvalue weighted by Crippen LogP contribution is -2.45. The number of nitrogens with zero attached hydrogens (tertiary/aromatic N) is 3. The lowest BCUT2D eigenvalue weighted by Gasteiger charge is -2.28. The van der Waals surface area contributed by atoms with E-state index in [0.717, 1.165) is 5.39 Å². The number of furan rings is 1. The minimum absolute atomic E-state index is 0.0491. The highest BCUT2D eigenvalue weighted by atomic mass is 16.5. The zero-order valence-corrected chi connectivity index (χ0v) is 14.5. The van der Waals surface area contributed by atoms with E-state index in [1.165, 1.54) is 0 Å². The van der Waals surface area contributed by atoms with Crippen molar-refractivity contribution in [3.05, 3.63) is 40.4 Å². The molecule has 0 saturated carbocycles. The predicted molar refractivity (Wildman–Crippen MR) is 95.9 cm³/mol. The van der Waals surface area contributed by atoms with E-state index in [9.17, 15) is 9.59 Å². The summed E-state index contributed by atoms with van der Waals surface area (Å²) in [5.41, 5.74) is 1.09. The number of hydrogen-bond donors (Lipinski definition) is 1. The fourth-order valence-electron chi connectivity index (χ4n) is 3.18. The SMILES string of the molecule is CN(CC(=O)N1CCOCC1)Cc1nc2c(oc3ccccc32)c(=O)[nH]1. The van der Waals surface area contributed by atoms with Gasteiger partial charge in [0.25, 0.3) is 5.56 Å². The summed E-state index contributed by atoms with van der Waals surface area (Å²) in [6.07, 6.45) is 0. The van der Waals surface area contributed by atoms with Crippen LogP contribution in [-0.4, -0.2) is 65.6 Å². The van der Waals surface area contributed by atoms with Gasteiger partial charge in [-0.05, 0) is 19.2 Å². The summed E-state index contributed by atoms with van der Waals surface area (Å²) in [6, 6.07) is 7.42. The van der Waals surface area contributed by atoms with Gasteiger partial charge in [0.15, 0.2) is 0 Å². The molecule has 1 N–H and O–H groups in total. The number of aromatic amines is 1. The molecule has 1 fully saturated rings. The fraction of sp³-hybridized carbons (Fsp3) is 0.389. The highest BCUT2D eigenvalue weighted by molar-refractivity contribution is 6.01. The van der Waals surface area contributed by atoms with E-state index in [1.807, 2.05) is 36.2 Å². The number of carbonyl (C=O) groups excluding carboxylic acids is 1. The minimum atomic E-state index is -0.311. The normalized spacial score (nSPS) is 15.2. The molecule has 8 nitrogen and oxygen atoms in total. The number of morpholine rings is 1. The Morgan fingerprint density at radius 3 is 2.88 bits per heavy atom. The average molecular weight is 356 g/mol. The Balaban J connectivity index is 1.54. The number of aromatic nitrogens is 2. The lowest BCUT2D eigenvalue weighted by atomic mass is 10.2. The summed E-state index contributed by atoms with van der Waals surface area (Å²) in [5.74, 6) is 0.555. The molecule has 0 bridgehead atoms. The van der Waals surface area contributed by atoms with E-state index in [-0.39, 0.29) is 23.6 Å². The first-order chi connectivity index (χ1) is 12.6. The third kappa shape index (κ3) is 3.21. The Kier molecular flexibility index (Phi) is 4.44. The van der Waals surface area contributed by atoms with Crippen molar-refractivity contribution in [3.63, 3.8) is 0 Å². The topological polar surface area (TPSA) is 91.7 Å². The van der Waals surface area contributed by atoms with Crippen LogP contribution in [0.5, 0.6) is 0 Å². The molecule has 4 rings (SSSR count). The fourth-order valence-corrected chi connectivity index (χ4v) is 3.18. The number of H-pyrrole nitrogens is 1. The molecule has 1 aromatic carbocycles. The summed E-state index contributed by atoms with van der Waals surface area (Å²) in [7, 11) is 1.83. The molecule has 1 aliphatic rings. The van der Waals surface area contributed by atoms with Crippen LogP contribution in [0.15, 0.2) is 33.5 Å². The number of fused-ring (bicyclic) bond motifs is 3. The van der Waals surface area contributed by atoms with Gasteiger partial charge in [0, 0.05) is 18.5 Å². The van der Waals surface area contributed by atoms with Crippen molar-refractivity contribution in [1.29, 1.82) is 0 Å². The van der Waals surface area contributed by atoms with Crippen molar-refractivity contribution >= 4 is 28.0 Å². The van der Waals surface area contributed by atoms with Crippen LogP contribution in [0.3, 0.4) is 0 Å². The maximum atomic E-state index is 12.3. The van der Waals surface area contributed by atoms with E-state index in [0.29, 0.717) is 49.8 Å². The average Bonchev–Trinajstić information content (AvgIpc) is 3.02. The molecule has 1 saturated heterocycles. The molecule has 26 heavy (non-hydrogen) atoms. The zero-order valence-electron chi connectivity index (χ0n) is 14.5. The van der Waals surface area contributed by atoms with Crippen LogP contribution >= 0.6 is 0 Å². The Labute approximate surface area is 149 Å². The number of hydrogen-bond acceptors (Lipinski definition) is 6. The van der Waals surface area contributed by atoms with Crippen LogP contribution < -0.4 is 5.56 Å². The summed E-state index contributed by atoms with van der Waals surface area (Å²) in [6.45, 7) is 3.02. The van der Waals surface area contributed by atoms with Crippen LogP contribution in [0, 0.1) is 0 Å². The van der Waals surface area contributed by atoms with Gasteiger partial charge in [-0.3, -0.25) is 14.5 Å². The second-order valence-electron chi connectivity index (χ2n) is 6.45. The van der Waals surface area contributed by atoms with Gasteiger partial charge in [0.1, 0.15) is 16.9 Å². The molecule has 3 heterocycles. The third-order valence-electron chi connectivity index (χ3n) is 4.47. The maximum absolute atomic E-state index is 12.3. The van der Waals surface area contributed by atoms with Gasteiger partial charge >= 0.3 is 0 Å². The first-order valence-corrected chi connectivity index (χ1v) is 8.56. The molecule has 0 radical (unpaired) electrons. The number of ether oxygens (including phenoxy) is 1. The number of carbonyl (C=O) groups is 1. The van der Waals surface area contributed by atoms with Crippen LogP contribution in [-0.2, 0) is 16.1 Å². The number of benzene rings is 1. The van der Waals surface area contributed by atoms with Gasteiger partial charge in [-0.15, -0.1) is 0 Å².